The fraction of sp³-hybridized carbons (Fsp3) is 0.444. The average Bonchev–Trinajstić information content (AvgIpc) is 2.41. The smallest absolute Gasteiger partial charge is 0.352 e. The summed E-state index contributed by atoms with van der Waals surface area (Å²) >= 11 is 0. The third-order valence-corrected chi connectivity index (χ3v) is 2.24. The number of aliphatic hydroxyl groups is 1. The lowest BCUT2D eigenvalue weighted by molar-refractivity contribution is 0.0685. The van der Waals surface area contributed by atoms with Gasteiger partial charge in [0.05, 0.1) is 5.69 Å². The van der Waals surface area contributed by atoms with Gasteiger partial charge in [0.1, 0.15) is 11.8 Å². The number of aromatic nitrogens is 1. The first-order chi connectivity index (χ1) is 6.49. The third kappa shape index (κ3) is 1.64. The number of carbonyl (C=O) groups is 1. The van der Waals surface area contributed by atoms with Crippen LogP contribution in [0.4, 0.5) is 0 Å². The van der Waals surface area contributed by atoms with E-state index in [1.165, 1.54) is 10.6 Å². The Kier molecular flexibility index (Phi) is 2.93. The SMILES string of the molecule is Cc1cc(C(=O)O)n(C)c1C(O)CN. The summed E-state index contributed by atoms with van der Waals surface area (Å²) in [5.74, 6) is -1.01. The van der Waals surface area contributed by atoms with E-state index in [0.29, 0.717) is 5.69 Å². The monoisotopic (exact) mass is 198 g/mol. The minimum absolute atomic E-state index is 0.0811. The van der Waals surface area contributed by atoms with Gasteiger partial charge in [0, 0.05) is 13.6 Å². The van der Waals surface area contributed by atoms with E-state index in [0.717, 1.165) is 5.56 Å². The highest BCUT2D eigenvalue weighted by Gasteiger charge is 2.19. The van der Waals surface area contributed by atoms with Crippen molar-refractivity contribution in [2.75, 3.05) is 6.54 Å². The van der Waals surface area contributed by atoms with Gasteiger partial charge in [-0.25, -0.2) is 4.79 Å². The fourth-order valence-electron chi connectivity index (χ4n) is 1.57. The standard InChI is InChI=1S/C9H14N2O3/c1-5-3-6(9(13)14)11(2)8(5)7(12)4-10/h3,7,12H,4,10H2,1-2H3,(H,13,14). The molecule has 0 fully saturated rings. The van der Waals surface area contributed by atoms with Crippen LogP contribution in [0, 0.1) is 6.92 Å². The molecular formula is C9H14N2O3. The van der Waals surface area contributed by atoms with E-state index in [4.69, 9.17) is 10.8 Å². The molecule has 0 aliphatic carbocycles. The van der Waals surface area contributed by atoms with Crippen LogP contribution in [0.2, 0.25) is 0 Å². The maximum absolute atomic E-state index is 10.8. The average molecular weight is 198 g/mol. The van der Waals surface area contributed by atoms with E-state index >= 15 is 0 Å². The van der Waals surface area contributed by atoms with Crippen LogP contribution >= 0.6 is 0 Å². The summed E-state index contributed by atoms with van der Waals surface area (Å²) < 4.78 is 1.45. The van der Waals surface area contributed by atoms with E-state index in [2.05, 4.69) is 0 Å². The number of carboxylic acid groups (broad SMARTS) is 1. The summed E-state index contributed by atoms with van der Waals surface area (Å²) in [6.45, 7) is 1.83. The molecule has 1 heterocycles. The van der Waals surface area contributed by atoms with Gasteiger partial charge in [0.2, 0.25) is 0 Å². The van der Waals surface area contributed by atoms with Crippen LogP contribution in [0.1, 0.15) is 27.8 Å². The minimum atomic E-state index is -1.01. The Morgan fingerprint density at radius 3 is 2.64 bits per heavy atom. The molecule has 5 nitrogen and oxygen atoms in total. The van der Waals surface area contributed by atoms with Crippen LogP contribution < -0.4 is 5.73 Å². The molecule has 1 atom stereocenters. The molecule has 0 spiro atoms. The lowest BCUT2D eigenvalue weighted by Gasteiger charge is -2.11. The highest BCUT2D eigenvalue weighted by atomic mass is 16.4. The van der Waals surface area contributed by atoms with Gasteiger partial charge in [-0.15, -0.1) is 0 Å². The Bertz CT molecular complexity index is 357. The largest absolute Gasteiger partial charge is 0.477 e. The zero-order valence-electron chi connectivity index (χ0n) is 8.19. The fourth-order valence-corrected chi connectivity index (χ4v) is 1.57. The van der Waals surface area contributed by atoms with Gasteiger partial charge in [0.25, 0.3) is 0 Å². The number of hydrogen-bond donors (Lipinski definition) is 3. The predicted molar refractivity (Wildman–Crippen MR) is 51.1 cm³/mol. The van der Waals surface area contributed by atoms with Gasteiger partial charge in [0.15, 0.2) is 0 Å². The highest BCUT2D eigenvalue weighted by Crippen LogP contribution is 2.20. The molecule has 0 saturated carbocycles. The normalized spacial score (nSPS) is 12.9. The maximum atomic E-state index is 10.8. The van der Waals surface area contributed by atoms with E-state index in [1.54, 1.807) is 14.0 Å². The molecule has 0 radical (unpaired) electrons. The molecule has 0 saturated heterocycles. The van der Waals surface area contributed by atoms with Crippen LogP contribution in [0.5, 0.6) is 0 Å². The van der Waals surface area contributed by atoms with Gasteiger partial charge < -0.3 is 20.5 Å². The maximum Gasteiger partial charge on any atom is 0.352 e. The van der Waals surface area contributed by atoms with Crippen molar-refractivity contribution in [3.8, 4) is 0 Å². The van der Waals surface area contributed by atoms with Crippen molar-refractivity contribution in [2.45, 2.75) is 13.0 Å². The second kappa shape index (κ2) is 3.81. The van der Waals surface area contributed by atoms with Gasteiger partial charge >= 0.3 is 5.97 Å². The minimum Gasteiger partial charge on any atom is -0.477 e. The molecule has 4 N–H and O–H groups in total. The van der Waals surface area contributed by atoms with Crippen LogP contribution in [-0.2, 0) is 7.05 Å². The topological polar surface area (TPSA) is 88.5 Å². The Balaban J connectivity index is 3.24. The van der Waals surface area contributed by atoms with E-state index in [1.807, 2.05) is 0 Å². The Hall–Kier alpha value is -1.33. The number of aliphatic hydroxyl groups excluding tert-OH is 1. The van der Waals surface area contributed by atoms with Crippen LogP contribution in [0.3, 0.4) is 0 Å². The molecule has 1 aromatic heterocycles. The number of rotatable bonds is 3. The van der Waals surface area contributed by atoms with Crippen LogP contribution in [0.15, 0.2) is 6.07 Å². The molecule has 1 rings (SSSR count). The molecule has 1 unspecified atom stereocenters. The van der Waals surface area contributed by atoms with Crippen molar-refractivity contribution in [3.63, 3.8) is 0 Å². The van der Waals surface area contributed by atoms with Crippen LogP contribution in [0.25, 0.3) is 0 Å². The van der Waals surface area contributed by atoms with Gasteiger partial charge in [-0.3, -0.25) is 0 Å². The van der Waals surface area contributed by atoms with Gasteiger partial charge in [-0.2, -0.15) is 0 Å². The van der Waals surface area contributed by atoms with E-state index in [9.17, 15) is 9.90 Å². The zero-order valence-corrected chi connectivity index (χ0v) is 8.19. The molecule has 1 aromatic rings. The second-order valence-corrected chi connectivity index (χ2v) is 3.21. The van der Waals surface area contributed by atoms with E-state index in [-0.39, 0.29) is 12.2 Å². The first kappa shape index (κ1) is 10.7. The van der Waals surface area contributed by atoms with Gasteiger partial charge in [-0.05, 0) is 18.6 Å². The summed E-state index contributed by atoms with van der Waals surface area (Å²) in [4.78, 5) is 10.8. The third-order valence-electron chi connectivity index (χ3n) is 2.24. The quantitative estimate of drug-likeness (QED) is 0.639. The number of nitrogens with two attached hydrogens (primary N) is 1. The van der Waals surface area contributed by atoms with Crippen molar-refractivity contribution in [3.05, 3.63) is 23.0 Å². The molecule has 0 aliphatic heterocycles. The molecule has 0 bridgehead atoms. The number of aromatic carboxylic acids is 1. The summed E-state index contributed by atoms with van der Waals surface area (Å²) in [5.41, 5.74) is 6.77. The van der Waals surface area contributed by atoms with Crippen molar-refractivity contribution >= 4 is 5.97 Å². The molecule has 0 amide bonds. The second-order valence-electron chi connectivity index (χ2n) is 3.21. The summed E-state index contributed by atoms with van der Waals surface area (Å²) in [6, 6.07) is 1.52. The lowest BCUT2D eigenvalue weighted by atomic mass is 10.2. The number of nitrogens with zero attached hydrogens (tertiary/aromatic N) is 1. The first-order valence-electron chi connectivity index (χ1n) is 4.26. The molecule has 5 heteroatoms. The van der Waals surface area contributed by atoms with Crippen molar-refractivity contribution < 1.29 is 15.0 Å². The van der Waals surface area contributed by atoms with Crippen LogP contribution in [-0.4, -0.2) is 27.3 Å². The summed E-state index contributed by atoms with van der Waals surface area (Å²) in [5, 5.41) is 18.4. The molecule has 0 aromatic carbocycles. The van der Waals surface area contributed by atoms with E-state index < -0.39 is 12.1 Å². The Labute approximate surface area is 81.8 Å². The Morgan fingerprint density at radius 1 is 1.71 bits per heavy atom. The molecular weight excluding hydrogens is 184 g/mol. The molecule has 0 aliphatic rings. The number of carboxylic acids is 1. The lowest BCUT2D eigenvalue weighted by Crippen LogP contribution is -2.17. The molecule has 14 heavy (non-hydrogen) atoms. The predicted octanol–water partition coefficient (Wildman–Crippen LogP) is 0.0238. The summed E-state index contributed by atoms with van der Waals surface area (Å²) in [7, 11) is 1.60. The number of aryl methyl sites for hydroxylation is 1. The number of hydrogen-bond acceptors (Lipinski definition) is 3. The van der Waals surface area contributed by atoms with Crippen molar-refractivity contribution in [2.24, 2.45) is 12.8 Å². The Morgan fingerprint density at radius 2 is 2.29 bits per heavy atom. The van der Waals surface area contributed by atoms with Gasteiger partial charge in [-0.1, -0.05) is 0 Å². The van der Waals surface area contributed by atoms with Crippen molar-refractivity contribution in [1.29, 1.82) is 0 Å². The van der Waals surface area contributed by atoms with Crippen molar-refractivity contribution in [1.82, 2.24) is 4.57 Å². The molecule has 78 valence electrons. The highest BCUT2D eigenvalue weighted by molar-refractivity contribution is 5.86. The first-order valence-corrected chi connectivity index (χ1v) is 4.26. The zero-order chi connectivity index (χ0) is 10.9. The summed E-state index contributed by atoms with van der Waals surface area (Å²) in [6.07, 6.45) is -0.812.